The summed E-state index contributed by atoms with van der Waals surface area (Å²) >= 11 is 0. The number of carbonyl (C=O) groups is 2. The Balaban J connectivity index is 1.82. The average Bonchev–Trinajstić information content (AvgIpc) is 2.65. The van der Waals surface area contributed by atoms with Crippen LogP contribution in [0.5, 0.6) is 5.75 Å². The van der Waals surface area contributed by atoms with E-state index in [1.165, 1.54) is 24.3 Å². The van der Waals surface area contributed by atoms with Gasteiger partial charge in [-0.15, -0.1) is 0 Å². The maximum absolute atomic E-state index is 11.9. The van der Waals surface area contributed by atoms with Crippen molar-refractivity contribution < 1.29 is 27.5 Å². The monoisotopic (exact) mass is 406 g/mol. The Kier molecular flexibility index (Phi) is 7.53. The van der Waals surface area contributed by atoms with Gasteiger partial charge in [-0.05, 0) is 43.2 Å². The molecule has 0 aliphatic carbocycles. The van der Waals surface area contributed by atoms with Crippen molar-refractivity contribution >= 4 is 27.6 Å². The second kappa shape index (κ2) is 9.86. The number of sulfonamides is 1. The van der Waals surface area contributed by atoms with Crippen LogP contribution < -0.4 is 15.2 Å². The Labute approximate surface area is 163 Å². The highest BCUT2D eigenvalue weighted by molar-refractivity contribution is 7.89. The van der Waals surface area contributed by atoms with Gasteiger partial charge in [-0.1, -0.05) is 24.3 Å². The standard InChI is InChI=1S/C19H22N2O6S/c1-2-26-17-9-4-3-6-14(17)10-11-19(23)27-13-18(22)21-15-7-5-8-16(12-15)28(20,24)25/h3-9,12H,2,10-11,13H2,1H3,(H,21,22)(H2,20,24,25). The number of benzene rings is 2. The van der Waals surface area contributed by atoms with Gasteiger partial charge in [0.15, 0.2) is 6.61 Å². The molecule has 3 N–H and O–H groups in total. The number of nitrogens with one attached hydrogen (secondary N) is 1. The highest BCUT2D eigenvalue weighted by Gasteiger charge is 2.12. The second-order valence-electron chi connectivity index (χ2n) is 5.82. The summed E-state index contributed by atoms with van der Waals surface area (Å²) in [7, 11) is -3.88. The number of hydrogen-bond donors (Lipinski definition) is 2. The zero-order valence-electron chi connectivity index (χ0n) is 15.4. The number of nitrogens with two attached hydrogens (primary N) is 1. The first-order valence-electron chi connectivity index (χ1n) is 8.58. The van der Waals surface area contributed by atoms with Crippen LogP contribution in [-0.2, 0) is 30.8 Å². The third-order valence-corrected chi connectivity index (χ3v) is 4.59. The van der Waals surface area contributed by atoms with Crippen molar-refractivity contribution in [2.75, 3.05) is 18.5 Å². The van der Waals surface area contributed by atoms with E-state index in [1.54, 1.807) is 0 Å². The Bertz CT molecular complexity index is 943. The molecule has 2 aromatic carbocycles. The van der Waals surface area contributed by atoms with Crippen LogP contribution in [0.3, 0.4) is 0 Å². The van der Waals surface area contributed by atoms with Gasteiger partial charge in [0.2, 0.25) is 10.0 Å². The van der Waals surface area contributed by atoms with Crippen LogP contribution in [0.2, 0.25) is 0 Å². The molecular formula is C19H22N2O6S. The molecule has 2 rings (SSSR count). The molecule has 0 radical (unpaired) electrons. The van der Waals surface area contributed by atoms with E-state index in [4.69, 9.17) is 14.6 Å². The molecule has 0 fully saturated rings. The number of carbonyl (C=O) groups excluding carboxylic acids is 2. The number of anilines is 1. The predicted molar refractivity (Wildman–Crippen MR) is 103 cm³/mol. The minimum atomic E-state index is -3.88. The first-order valence-corrected chi connectivity index (χ1v) is 10.1. The summed E-state index contributed by atoms with van der Waals surface area (Å²) in [5.41, 5.74) is 1.11. The number of esters is 1. The van der Waals surface area contributed by atoms with Gasteiger partial charge in [0.05, 0.1) is 11.5 Å². The lowest BCUT2D eigenvalue weighted by molar-refractivity contribution is -0.147. The summed E-state index contributed by atoms with van der Waals surface area (Å²) in [6.45, 7) is 1.92. The molecule has 0 heterocycles. The number of hydrogen-bond acceptors (Lipinski definition) is 6. The Morgan fingerprint density at radius 1 is 1.11 bits per heavy atom. The van der Waals surface area contributed by atoms with E-state index in [2.05, 4.69) is 5.32 Å². The van der Waals surface area contributed by atoms with E-state index in [0.29, 0.717) is 18.8 Å². The SMILES string of the molecule is CCOc1ccccc1CCC(=O)OCC(=O)Nc1cccc(S(N)(=O)=O)c1. The van der Waals surface area contributed by atoms with Gasteiger partial charge in [-0.25, -0.2) is 13.6 Å². The number of primary sulfonamides is 1. The van der Waals surface area contributed by atoms with Crippen LogP contribution in [0.15, 0.2) is 53.4 Å². The summed E-state index contributed by atoms with van der Waals surface area (Å²) in [6, 6.07) is 12.9. The van der Waals surface area contributed by atoms with Crippen molar-refractivity contribution in [1.82, 2.24) is 0 Å². The summed E-state index contributed by atoms with van der Waals surface area (Å²) in [4.78, 5) is 23.7. The minimum absolute atomic E-state index is 0.0955. The fourth-order valence-corrected chi connectivity index (χ4v) is 2.97. The molecule has 0 unspecified atom stereocenters. The van der Waals surface area contributed by atoms with Crippen LogP contribution in [0, 0.1) is 0 Å². The van der Waals surface area contributed by atoms with Gasteiger partial charge < -0.3 is 14.8 Å². The van der Waals surface area contributed by atoms with Gasteiger partial charge in [-0.3, -0.25) is 9.59 Å². The molecule has 0 atom stereocenters. The van der Waals surface area contributed by atoms with Gasteiger partial charge in [0, 0.05) is 12.1 Å². The molecule has 0 aliphatic heterocycles. The van der Waals surface area contributed by atoms with Crippen LogP contribution in [0.1, 0.15) is 18.9 Å². The van der Waals surface area contributed by atoms with Gasteiger partial charge >= 0.3 is 5.97 Å². The first-order chi connectivity index (χ1) is 13.3. The topological polar surface area (TPSA) is 125 Å². The number of para-hydroxylation sites is 1. The van der Waals surface area contributed by atoms with E-state index >= 15 is 0 Å². The van der Waals surface area contributed by atoms with Crippen LogP contribution in [0.4, 0.5) is 5.69 Å². The summed E-state index contributed by atoms with van der Waals surface area (Å²) < 4.78 is 33.1. The lowest BCUT2D eigenvalue weighted by Gasteiger charge is -2.10. The molecule has 1 amide bonds. The predicted octanol–water partition coefficient (Wildman–Crippen LogP) is 1.85. The summed E-state index contributed by atoms with van der Waals surface area (Å²) in [5, 5.41) is 7.50. The lowest BCUT2D eigenvalue weighted by Crippen LogP contribution is -2.21. The molecule has 0 bridgehead atoms. The molecule has 8 nitrogen and oxygen atoms in total. The van der Waals surface area contributed by atoms with Crippen LogP contribution >= 0.6 is 0 Å². The largest absolute Gasteiger partial charge is 0.494 e. The third kappa shape index (κ3) is 6.67. The van der Waals surface area contributed by atoms with Gasteiger partial charge in [-0.2, -0.15) is 0 Å². The maximum Gasteiger partial charge on any atom is 0.306 e. The summed E-state index contributed by atoms with van der Waals surface area (Å²) in [6.07, 6.45) is 0.519. The molecular weight excluding hydrogens is 384 g/mol. The van der Waals surface area contributed by atoms with Crippen molar-refractivity contribution in [3.8, 4) is 5.75 Å². The van der Waals surface area contributed by atoms with Crippen molar-refractivity contribution in [3.63, 3.8) is 0 Å². The zero-order valence-corrected chi connectivity index (χ0v) is 16.2. The number of amides is 1. The van der Waals surface area contributed by atoms with Crippen molar-refractivity contribution in [3.05, 3.63) is 54.1 Å². The van der Waals surface area contributed by atoms with Crippen molar-refractivity contribution in [2.24, 2.45) is 5.14 Å². The molecule has 9 heteroatoms. The van der Waals surface area contributed by atoms with Crippen LogP contribution in [0.25, 0.3) is 0 Å². The van der Waals surface area contributed by atoms with Crippen LogP contribution in [-0.4, -0.2) is 33.5 Å². The molecule has 28 heavy (non-hydrogen) atoms. The Hall–Kier alpha value is -2.91. The number of rotatable bonds is 9. The lowest BCUT2D eigenvalue weighted by atomic mass is 10.1. The maximum atomic E-state index is 11.9. The zero-order chi connectivity index (χ0) is 20.6. The molecule has 0 spiro atoms. The molecule has 0 saturated carbocycles. The van der Waals surface area contributed by atoms with E-state index < -0.39 is 28.5 Å². The first kappa shape index (κ1) is 21.4. The smallest absolute Gasteiger partial charge is 0.306 e. The highest BCUT2D eigenvalue weighted by Crippen LogP contribution is 2.19. The fourth-order valence-electron chi connectivity index (χ4n) is 2.41. The molecule has 0 aliphatic rings. The number of ether oxygens (including phenoxy) is 2. The van der Waals surface area contributed by atoms with E-state index in [-0.39, 0.29) is 17.0 Å². The third-order valence-electron chi connectivity index (χ3n) is 3.68. The van der Waals surface area contributed by atoms with E-state index in [0.717, 1.165) is 5.56 Å². The second-order valence-corrected chi connectivity index (χ2v) is 7.38. The summed E-state index contributed by atoms with van der Waals surface area (Å²) in [5.74, 6) is -0.403. The van der Waals surface area contributed by atoms with Gasteiger partial charge in [0.25, 0.3) is 5.91 Å². The molecule has 2 aromatic rings. The molecule has 0 aromatic heterocycles. The Morgan fingerprint density at radius 2 is 1.86 bits per heavy atom. The molecule has 150 valence electrons. The van der Waals surface area contributed by atoms with E-state index in [9.17, 15) is 18.0 Å². The van der Waals surface area contributed by atoms with Crippen molar-refractivity contribution in [2.45, 2.75) is 24.7 Å². The van der Waals surface area contributed by atoms with Gasteiger partial charge in [0.1, 0.15) is 5.75 Å². The fraction of sp³-hybridized carbons (Fsp3) is 0.263. The quantitative estimate of drug-likeness (QED) is 0.612. The van der Waals surface area contributed by atoms with Crippen molar-refractivity contribution in [1.29, 1.82) is 0 Å². The number of aryl methyl sites for hydroxylation is 1. The average molecular weight is 406 g/mol. The van der Waals surface area contributed by atoms with E-state index in [1.807, 2.05) is 31.2 Å². The normalized spacial score (nSPS) is 10.9. The highest BCUT2D eigenvalue weighted by atomic mass is 32.2. The molecule has 0 saturated heterocycles. The minimum Gasteiger partial charge on any atom is -0.494 e. The Morgan fingerprint density at radius 3 is 2.57 bits per heavy atom.